The van der Waals surface area contributed by atoms with Gasteiger partial charge in [0.25, 0.3) is 0 Å². The Morgan fingerprint density at radius 1 is 1.11 bits per heavy atom. The van der Waals surface area contributed by atoms with Crippen molar-refractivity contribution >= 4 is 5.97 Å². The van der Waals surface area contributed by atoms with Gasteiger partial charge in [0, 0.05) is 7.11 Å². The molecule has 1 N–H and O–H groups in total. The first-order valence-electron chi connectivity index (χ1n) is 6.80. The Hall–Kier alpha value is -1.35. The highest BCUT2D eigenvalue weighted by Gasteiger charge is 2.28. The van der Waals surface area contributed by atoms with Crippen LogP contribution in [0.3, 0.4) is 0 Å². The molecule has 1 rings (SSSR count). The van der Waals surface area contributed by atoms with Gasteiger partial charge in [0.15, 0.2) is 0 Å². The Labute approximate surface area is 117 Å². The number of carbonyl (C=O) groups is 1. The molecule has 1 aromatic rings. The second-order valence-electron chi connectivity index (χ2n) is 4.06. The van der Waals surface area contributed by atoms with Crippen LogP contribution in [0.15, 0.2) is 24.3 Å². The van der Waals surface area contributed by atoms with Crippen LogP contribution in [0.2, 0.25) is 0 Å². The van der Waals surface area contributed by atoms with Gasteiger partial charge in [-0.25, -0.2) is 0 Å². The smallest absolute Gasteiger partial charge is 0.313 e. The minimum absolute atomic E-state index is 0.549. The molecule has 0 fully saturated rings. The number of methoxy groups -OCH3 is 1. The maximum atomic E-state index is 11.0. The fourth-order valence-electron chi connectivity index (χ4n) is 1.31. The van der Waals surface area contributed by atoms with Gasteiger partial charge in [-0.1, -0.05) is 52.0 Å². The monoisotopic (exact) mass is 268 g/mol. The summed E-state index contributed by atoms with van der Waals surface area (Å²) >= 11 is 0. The van der Waals surface area contributed by atoms with Crippen molar-refractivity contribution in [3.05, 3.63) is 35.4 Å². The molecule has 0 aliphatic rings. The third kappa shape index (κ3) is 6.39. The molecule has 3 nitrogen and oxygen atoms in total. The van der Waals surface area contributed by atoms with Gasteiger partial charge in [-0.15, -0.1) is 0 Å². The first-order valence-corrected chi connectivity index (χ1v) is 6.80. The van der Waals surface area contributed by atoms with Crippen LogP contribution in [-0.2, 0) is 21.6 Å². The summed E-state index contributed by atoms with van der Waals surface area (Å²) in [6, 6.07) is 7.46. The molecule has 110 valence electrons. The van der Waals surface area contributed by atoms with Crippen LogP contribution in [0.1, 0.15) is 52.7 Å². The molecule has 0 spiro atoms. The average molecular weight is 268 g/mol. The number of hydrogen-bond donors (Lipinski definition) is 1. The first-order chi connectivity index (χ1) is 8.98. The largest absolute Gasteiger partial charge is 0.481 e. The molecule has 0 heterocycles. The molecule has 0 radical (unpaired) electrons. The summed E-state index contributed by atoms with van der Waals surface area (Å²) in [6.45, 7) is 11.9. The number of ether oxygens (including phenoxy) is 1. The normalized spacial score (nSPS) is 9.63. The van der Waals surface area contributed by atoms with E-state index in [-0.39, 0.29) is 0 Å². The van der Waals surface area contributed by atoms with Crippen molar-refractivity contribution < 1.29 is 14.6 Å². The van der Waals surface area contributed by atoms with Crippen LogP contribution in [0.4, 0.5) is 0 Å². The Morgan fingerprint density at radius 3 is 1.84 bits per heavy atom. The van der Waals surface area contributed by atoms with Gasteiger partial charge in [0.05, 0.1) is 12.0 Å². The molecule has 0 saturated carbocycles. The molecule has 1 aromatic carbocycles. The Kier molecular flexibility index (Phi) is 11.1. The highest BCUT2D eigenvalue weighted by Crippen LogP contribution is 2.23. The highest BCUT2D eigenvalue weighted by atomic mass is 16.5. The maximum Gasteiger partial charge on any atom is 0.313 e. The van der Waals surface area contributed by atoms with Crippen molar-refractivity contribution in [1.29, 1.82) is 0 Å². The van der Waals surface area contributed by atoms with Crippen molar-refractivity contribution in [2.24, 2.45) is 0 Å². The van der Waals surface area contributed by atoms with E-state index in [0.29, 0.717) is 6.61 Å². The van der Waals surface area contributed by atoms with Gasteiger partial charge in [0.1, 0.15) is 0 Å². The van der Waals surface area contributed by atoms with Gasteiger partial charge < -0.3 is 9.84 Å². The van der Waals surface area contributed by atoms with Crippen molar-refractivity contribution in [2.75, 3.05) is 7.11 Å². The van der Waals surface area contributed by atoms with E-state index >= 15 is 0 Å². The number of hydrogen-bond acceptors (Lipinski definition) is 2. The van der Waals surface area contributed by atoms with Crippen LogP contribution in [0, 0.1) is 0 Å². The third-order valence-electron chi connectivity index (χ3n) is 2.52. The van der Waals surface area contributed by atoms with E-state index in [4.69, 9.17) is 9.84 Å². The lowest BCUT2D eigenvalue weighted by molar-refractivity contribution is -0.142. The second-order valence-corrected chi connectivity index (χ2v) is 4.06. The van der Waals surface area contributed by atoms with Crippen LogP contribution >= 0.6 is 0 Å². The third-order valence-corrected chi connectivity index (χ3v) is 2.52. The molecule has 3 heteroatoms. The van der Waals surface area contributed by atoms with E-state index < -0.39 is 11.4 Å². The molecule has 0 amide bonds. The summed E-state index contributed by atoms with van der Waals surface area (Å²) < 4.78 is 4.98. The Bertz CT molecular complexity index is 340. The SMILES string of the molecule is CC.CC.COCc1ccc(C(C)(C)C(=O)O)cc1. The molecule has 0 atom stereocenters. The second kappa shape index (κ2) is 10.6. The molecule has 0 bridgehead atoms. The summed E-state index contributed by atoms with van der Waals surface area (Å²) in [5.41, 5.74) is 1.00. The van der Waals surface area contributed by atoms with E-state index in [1.54, 1.807) is 21.0 Å². The van der Waals surface area contributed by atoms with Gasteiger partial charge in [-0.2, -0.15) is 0 Å². The van der Waals surface area contributed by atoms with Gasteiger partial charge in [-0.05, 0) is 25.0 Å². The summed E-state index contributed by atoms with van der Waals surface area (Å²) in [5, 5.41) is 9.04. The van der Waals surface area contributed by atoms with E-state index in [2.05, 4.69) is 0 Å². The van der Waals surface area contributed by atoms with E-state index in [1.165, 1.54) is 0 Å². The average Bonchev–Trinajstić information content (AvgIpc) is 2.44. The molecule has 0 aliphatic heterocycles. The molecule has 0 unspecified atom stereocenters. The van der Waals surface area contributed by atoms with Crippen molar-refractivity contribution in [2.45, 2.75) is 53.6 Å². The van der Waals surface area contributed by atoms with Crippen LogP contribution in [-0.4, -0.2) is 18.2 Å². The molecular formula is C16H28O3. The maximum absolute atomic E-state index is 11.0. The predicted molar refractivity (Wildman–Crippen MR) is 80.5 cm³/mol. The zero-order chi connectivity index (χ0) is 15.5. The summed E-state index contributed by atoms with van der Waals surface area (Å²) in [5.74, 6) is -0.818. The minimum Gasteiger partial charge on any atom is -0.481 e. The predicted octanol–water partition coefficient (Wildman–Crippen LogP) is 4.25. The summed E-state index contributed by atoms with van der Waals surface area (Å²) in [6.07, 6.45) is 0. The van der Waals surface area contributed by atoms with Crippen molar-refractivity contribution in [1.82, 2.24) is 0 Å². The van der Waals surface area contributed by atoms with Gasteiger partial charge >= 0.3 is 5.97 Å². The Balaban J connectivity index is 0. The molecule has 0 aromatic heterocycles. The zero-order valence-corrected chi connectivity index (χ0v) is 13.3. The van der Waals surface area contributed by atoms with E-state index in [0.717, 1.165) is 11.1 Å². The first kappa shape index (κ1) is 20.0. The fraction of sp³-hybridized carbons (Fsp3) is 0.562. The Morgan fingerprint density at radius 2 is 1.53 bits per heavy atom. The van der Waals surface area contributed by atoms with E-state index in [9.17, 15) is 4.79 Å². The highest BCUT2D eigenvalue weighted by molar-refractivity contribution is 5.80. The lowest BCUT2D eigenvalue weighted by atomic mass is 9.84. The summed E-state index contributed by atoms with van der Waals surface area (Å²) in [4.78, 5) is 11.0. The van der Waals surface area contributed by atoms with Crippen molar-refractivity contribution in [3.8, 4) is 0 Å². The topological polar surface area (TPSA) is 46.5 Å². The standard InChI is InChI=1S/C12H16O3.2C2H6/c1-12(2,11(13)14)10-6-4-9(5-7-10)8-15-3;2*1-2/h4-7H,8H2,1-3H3,(H,13,14);2*1-2H3. The lowest BCUT2D eigenvalue weighted by Crippen LogP contribution is -2.28. The minimum atomic E-state index is -0.842. The van der Waals surface area contributed by atoms with Crippen LogP contribution in [0.5, 0.6) is 0 Å². The molecule has 0 saturated heterocycles. The van der Waals surface area contributed by atoms with Gasteiger partial charge in [0.2, 0.25) is 0 Å². The fourth-order valence-corrected chi connectivity index (χ4v) is 1.31. The van der Waals surface area contributed by atoms with Crippen molar-refractivity contribution in [3.63, 3.8) is 0 Å². The lowest BCUT2D eigenvalue weighted by Gasteiger charge is -2.19. The van der Waals surface area contributed by atoms with Gasteiger partial charge in [-0.3, -0.25) is 4.79 Å². The quantitative estimate of drug-likeness (QED) is 0.888. The molecule has 19 heavy (non-hydrogen) atoms. The molecular weight excluding hydrogens is 240 g/mol. The van der Waals surface area contributed by atoms with Crippen LogP contribution in [0.25, 0.3) is 0 Å². The number of carboxylic acids is 1. The van der Waals surface area contributed by atoms with E-state index in [1.807, 2.05) is 52.0 Å². The summed E-state index contributed by atoms with van der Waals surface area (Å²) in [7, 11) is 1.63. The number of carboxylic acid groups (broad SMARTS) is 1. The molecule has 0 aliphatic carbocycles. The number of rotatable bonds is 4. The number of aliphatic carboxylic acids is 1. The zero-order valence-electron chi connectivity index (χ0n) is 13.3. The van der Waals surface area contributed by atoms with Crippen LogP contribution < -0.4 is 0 Å². The number of benzene rings is 1.